The number of benzene rings is 6. The van der Waals surface area contributed by atoms with Gasteiger partial charge in [-0.3, -0.25) is 4.57 Å². The second-order valence-electron chi connectivity index (χ2n) is 10.9. The van der Waals surface area contributed by atoms with Crippen LogP contribution in [0.1, 0.15) is 46.8 Å². The van der Waals surface area contributed by atoms with Gasteiger partial charge in [-0.25, -0.2) is 4.98 Å². The summed E-state index contributed by atoms with van der Waals surface area (Å²) in [5.41, 5.74) is -4.24. The van der Waals surface area contributed by atoms with Crippen molar-refractivity contribution in [3.63, 3.8) is 0 Å². The van der Waals surface area contributed by atoms with E-state index in [0.717, 1.165) is 15.7 Å². The minimum atomic E-state index is -3.66. The summed E-state index contributed by atoms with van der Waals surface area (Å²) in [7, 11) is 0. The zero-order chi connectivity index (χ0) is 44.5. The number of hydrogen-bond acceptors (Lipinski definition) is 3. The lowest BCUT2D eigenvalue weighted by atomic mass is 9.80. The molecule has 0 unspecified atom stereocenters. The van der Waals surface area contributed by atoms with Crippen LogP contribution in [-0.4, -0.2) is 19.5 Å². The molecule has 0 atom stereocenters. The standard InChI is InChI=1S/C42H30N4/c1-42(2)34-22-11-9-20-31(34)32-24-25-36-37(38(32)42)33-21-10-12-23-35(33)46(36)41-44-39(28-16-7-4-8-17-28)43-40(45-41)30-19-13-18-29(26-30)27-14-5-3-6-15-27/h3-26H,1-2H3/i1D3,2D3,9D,10D,11D,12D,20D,21D,22D,23D,24D,25D. The number of aromatic nitrogens is 4. The van der Waals surface area contributed by atoms with Gasteiger partial charge in [0, 0.05) is 35.5 Å². The van der Waals surface area contributed by atoms with Crippen molar-refractivity contribution in [3.8, 4) is 51.0 Å². The third-order valence-electron chi connectivity index (χ3n) is 8.18. The van der Waals surface area contributed by atoms with E-state index in [-0.39, 0.29) is 23.1 Å². The van der Waals surface area contributed by atoms with Crippen LogP contribution in [0, 0.1) is 0 Å². The summed E-state index contributed by atoms with van der Waals surface area (Å²) in [6.07, 6.45) is 0. The largest absolute Gasteiger partial charge is 0.278 e. The van der Waals surface area contributed by atoms with Crippen LogP contribution < -0.4 is 0 Å². The Kier molecular flexibility index (Phi) is 3.27. The van der Waals surface area contributed by atoms with Crippen molar-refractivity contribution in [1.29, 1.82) is 0 Å². The second-order valence-corrected chi connectivity index (χ2v) is 10.9. The average molecular weight is 607 g/mol. The summed E-state index contributed by atoms with van der Waals surface area (Å²) >= 11 is 0. The maximum absolute atomic E-state index is 9.62. The lowest BCUT2D eigenvalue weighted by Gasteiger charge is -2.22. The van der Waals surface area contributed by atoms with Crippen molar-refractivity contribution >= 4 is 21.8 Å². The number of nitrogens with zero attached hydrogens (tertiary/aromatic N) is 4. The Morgan fingerprint density at radius 3 is 2.07 bits per heavy atom. The monoisotopic (exact) mass is 606 g/mol. The second kappa shape index (κ2) is 10.1. The molecule has 46 heavy (non-hydrogen) atoms. The Hall–Kier alpha value is -5.87. The molecule has 4 heteroatoms. The molecule has 2 aromatic heterocycles. The average Bonchev–Trinajstić information content (AvgIpc) is 3.79. The molecule has 0 N–H and O–H groups in total. The Morgan fingerprint density at radius 1 is 0.587 bits per heavy atom. The lowest BCUT2D eigenvalue weighted by molar-refractivity contribution is 0.666. The summed E-state index contributed by atoms with van der Waals surface area (Å²) in [5, 5.41) is -0.927. The molecule has 9 rings (SSSR count). The molecule has 0 saturated heterocycles. The molecule has 4 nitrogen and oxygen atoms in total. The molecule has 8 aromatic rings. The first-order valence-corrected chi connectivity index (χ1v) is 14.4. The van der Waals surface area contributed by atoms with E-state index in [1.54, 1.807) is 42.5 Å². The van der Waals surface area contributed by atoms with Gasteiger partial charge in [-0.1, -0.05) is 141 Å². The molecule has 1 aliphatic carbocycles. The number of para-hydroxylation sites is 1. The van der Waals surface area contributed by atoms with E-state index in [1.807, 2.05) is 42.5 Å². The number of fused-ring (bicyclic) bond motifs is 7. The quantitative estimate of drug-likeness (QED) is 0.200. The molecule has 0 amide bonds. The molecule has 1 aliphatic rings. The highest BCUT2D eigenvalue weighted by molar-refractivity contribution is 6.14. The molecular formula is C42H30N4. The molecule has 0 spiro atoms. The van der Waals surface area contributed by atoms with Gasteiger partial charge in [-0.2, -0.15) is 9.97 Å². The zero-order valence-corrected chi connectivity index (χ0v) is 23.9. The summed E-state index contributed by atoms with van der Waals surface area (Å²) in [6.45, 7) is -7.33. The van der Waals surface area contributed by atoms with Crippen LogP contribution in [0.25, 0.3) is 72.8 Å². The number of hydrogen-bond donors (Lipinski definition) is 0. The maximum atomic E-state index is 9.62. The van der Waals surface area contributed by atoms with Crippen LogP contribution in [0.5, 0.6) is 0 Å². The van der Waals surface area contributed by atoms with Crippen LogP contribution in [0.4, 0.5) is 0 Å². The lowest BCUT2D eigenvalue weighted by Crippen LogP contribution is -2.15. The van der Waals surface area contributed by atoms with Gasteiger partial charge < -0.3 is 0 Å². The molecule has 6 aromatic carbocycles. The van der Waals surface area contributed by atoms with E-state index >= 15 is 0 Å². The highest BCUT2D eigenvalue weighted by atomic mass is 15.2. The van der Waals surface area contributed by atoms with E-state index in [9.17, 15) is 5.48 Å². The van der Waals surface area contributed by atoms with Crippen molar-refractivity contribution in [2.75, 3.05) is 0 Å². The Morgan fingerprint density at radius 2 is 1.26 bits per heavy atom. The Balaban J connectivity index is 1.53. The molecular weight excluding hydrogens is 560 g/mol. The van der Waals surface area contributed by atoms with Gasteiger partial charge in [-0.05, 0) is 51.5 Å². The number of rotatable bonds is 4. The van der Waals surface area contributed by atoms with Crippen molar-refractivity contribution in [3.05, 3.63) is 156 Å². The normalized spacial score (nSPS) is 18.7. The SMILES string of the molecule is [2H]c1c([2H])c([2H])c2c(c1[2H])-c1c([2H])c([2H])c3c(c1C2(C([2H])([2H])[2H])C([2H])([2H])[2H])c1c([2H])c([2H])c([2H])c([2H])c1n3-c1nc(-c2ccccc2)nc(-c2cccc(-c3ccccc3)c2)n1. The minimum absolute atomic E-state index is 0.0802. The molecule has 0 fully saturated rings. The van der Waals surface area contributed by atoms with Crippen molar-refractivity contribution in [2.45, 2.75) is 19.1 Å². The van der Waals surface area contributed by atoms with Crippen LogP contribution in [0.2, 0.25) is 0 Å². The molecule has 218 valence electrons. The molecule has 2 heterocycles. The van der Waals surface area contributed by atoms with E-state index in [0.29, 0.717) is 11.1 Å². The highest BCUT2D eigenvalue weighted by Gasteiger charge is 2.38. The van der Waals surface area contributed by atoms with Gasteiger partial charge in [-0.15, -0.1) is 0 Å². The molecule has 0 bridgehead atoms. The van der Waals surface area contributed by atoms with E-state index < -0.39 is 118 Å². The van der Waals surface area contributed by atoms with E-state index in [4.69, 9.17) is 31.4 Å². The van der Waals surface area contributed by atoms with Gasteiger partial charge in [0.25, 0.3) is 0 Å². The van der Waals surface area contributed by atoms with Gasteiger partial charge in [0.15, 0.2) is 11.6 Å². The van der Waals surface area contributed by atoms with Crippen LogP contribution in [0.3, 0.4) is 0 Å². The van der Waals surface area contributed by atoms with Crippen LogP contribution >= 0.6 is 0 Å². The van der Waals surface area contributed by atoms with Gasteiger partial charge in [0.2, 0.25) is 5.95 Å². The van der Waals surface area contributed by atoms with Crippen LogP contribution in [0.15, 0.2) is 145 Å². The van der Waals surface area contributed by atoms with Gasteiger partial charge in [0.1, 0.15) is 0 Å². The Bertz CT molecular complexity index is 3200. The maximum Gasteiger partial charge on any atom is 0.238 e. The first kappa shape index (κ1) is 14.9. The minimum Gasteiger partial charge on any atom is -0.278 e. The van der Waals surface area contributed by atoms with Crippen molar-refractivity contribution in [1.82, 2.24) is 19.5 Å². The van der Waals surface area contributed by atoms with Gasteiger partial charge >= 0.3 is 0 Å². The fourth-order valence-corrected chi connectivity index (χ4v) is 6.11. The third kappa shape index (κ3) is 3.97. The van der Waals surface area contributed by atoms with Crippen molar-refractivity contribution in [2.24, 2.45) is 0 Å². The zero-order valence-electron chi connectivity index (χ0n) is 39.9. The summed E-state index contributed by atoms with van der Waals surface area (Å²) in [6, 6.07) is 17.4. The topological polar surface area (TPSA) is 43.6 Å². The smallest absolute Gasteiger partial charge is 0.238 e. The molecule has 0 radical (unpaired) electrons. The summed E-state index contributed by atoms with van der Waals surface area (Å²) in [4.78, 5) is 14.4. The third-order valence-corrected chi connectivity index (χ3v) is 8.18. The molecule has 0 aliphatic heterocycles. The predicted molar refractivity (Wildman–Crippen MR) is 188 cm³/mol. The fraction of sp³-hybridized carbons (Fsp3) is 0.0714. The van der Waals surface area contributed by atoms with E-state index in [2.05, 4.69) is 0 Å². The first-order valence-electron chi connectivity index (χ1n) is 22.4. The van der Waals surface area contributed by atoms with Crippen LogP contribution in [-0.2, 0) is 5.41 Å². The first-order chi connectivity index (χ1) is 29.2. The predicted octanol–water partition coefficient (Wildman–Crippen LogP) is 10.3. The van der Waals surface area contributed by atoms with Gasteiger partial charge in [0.05, 0.1) is 24.7 Å². The van der Waals surface area contributed by atoms with Crippen molar-refractivity contribution < 1.29 is 21.9 Å². The Labute approximate surface area is 290 Å². The van der Waals surface area contributed by atoms with E-state index in [1.165, 1.54) is 0 Å². The molecule has 0 saturated carbocycles. The summed E-state index contributed by atoms with van der Waals surface area (Å²) < 4.78 is 145. The highest BCUT2D eigenvalue weighted by Crippen LogP contribution is 2.53. The summed E-state index contributed by atoms with van der Waals surface area (Å²) in [5.74, 6) is -0.165. The fourth-order valence-electron chi connectivity index (χ4n) is 6.11.